The highest BCUT2D eigenvalue weighted by Crippen LogP contribution is 2.26. The van der Waals surface area contributed by atoms with E-state index >= 15 is 0 Å². The lowest BCUT2D eigenvalue weighted by Gasteiger charge is -2.16. The standard InChI is InChI=1S/C18H19N3O2/c1-21(15-7-8-15)18(23)16-11-13(17(19)22)10-14(20-16)9-12-5-3-2-4-6-12/h2-6,10-11,15H,7-9H2,1H3,(H2,19,22). The maximum atomic E-state index is 12.5. The molecule has 3 rings (SSSR count). The second kappa shape index (κ2) is 6.20. The number of carbonyl (C=O) groups is 2. The molecule has 0 saturated heterocycles. The summed E-state index contributed by atoms with van der Waals surface area (Å²) in [7, 11) is 1.77. The van der Waals surface area contributed by atoms with Crippen LogP contribution in [0, 0.1) is 0 Å². The van der Waals surface area contributed by atoms with Crippen LogP contribution in [-0.2, 0) is 6.42 Å². The van der Waals surface area contributed by atoms with Gasteiger partial charge in [0, 0.05) is 30.8 Å². The molecule has 0 aliphatic heterocycles. The molecule has 23 heavy (non-hydrogen) atoms. The van der Waals surface area contributed by atoms with Crippen molar-refractivity contribution in [3.63, 3.8) is 0 Å². The second-order valence-corrected chi connectivity index (χ2v) is 5.91. The third kappa shape index (κ3) is 3.56. The van der Waals surface area contributed by atoms with E-state index in [1.807, 2.05) is 30.3 Å². The molecule has 1 aromatic heterocycles. The van der Waals surface area contributed by atoms with Gasteiger partial charge in [-0.05, 0) is 30.5 Å². The van der Waals surface area contributed by atoms with Gasteiger partial charge in [-0.3, -0.25) is 9.59 Å². The number of nitrogens with zero attached hydrogens (tertiary/aromatic N) is 2. The predicted octanol–water partition coefficient (Wildman–Crippen LogP) is 2.01. The Labute approximate surface area is 135 Å². The lowest BCUT2D eigenvalue weighted by molar-refractivity contribution is 0.0779. The molecule has 1 aromatic carbocycles. The average Bonchev–Trinajstić information content (AvgIpc) is 3.39. The third-order valence-corrected chi connectivity index (χ3v) is 4.03. The minimum Gasteiger partial charge on any atom is -0.366 e. The van der Waals surface area contributed by atoms with E-state index in [1.54, 1.807) is 18.0 Å². The van der Waals surface area contributed by atoms with Crippen LogP contribution in [0.3, 0.4) is 0 Å². The molecule has 1 heterocycles. The number of carbonyl (C=O) groups excluding carboxylic acids is 2. The fourth-order valence-corrected chi connectivity index (χ4v) is 2.54. The van der Waals surface area contributed by atoms with E-state index in [4.69, 9.17) is 5.73 Å². The molecule has 5 heteroatoms. The van der Waals surface area contributed by atoms with E-state index in [9.17, 15) is 9.59 Å². The van der Waals surface area contributed by atoms with Gasteiger partial charge in [0.25, 0.3) is 5.91 Å². The van der Waals surface area contributed by atoms with Crippen molar-refractivity contribution < 1.29 is 9.59 Å². The van der Waals surface area contributed by atoms with Crippen LogP contribution >= 0.6 is 0 Å². The van der Waals surface area contributed by atoms with Crippen molar-refractivity contribution in [3.8, 4) is 0 Å². The molecule has 1 aliphatic rings. The molecule has 0 unspecified atom stereocenters. The van der Waals surface area contributed by atoms with Gasteiger partial charge in [0.15, 0.2) is 0 Å². The first kappa shape index (κ1) is 15.2. The van der Waals surface area contributed by atoms with Gasteiger partial charge < -0.3 is 10.6 Å². The summed E-state index contributed by atoms with van der Waals surface area (Å²) in [5, 5.41) is 0. The van der Waals surface area contributed by atoms with Crippen LogP contribution in [0.4, 0.5) is 0 Å². The summed E-state index contributed by atoms with van der Waals surface area (Å²) in [6.07, 6.45) is 2.60. The number of hydrogen-bond donors (Lipinski definition) is 1. The molecule has 0 spiro atoms. The molecular weight excluding hydrogens is 290 g/mol. The van der Waals surface area contributed by atoms with Crippen molar-refractivity contribution in [3.05, 3.63) is 65.0 Å². The predicted molar refractivity (Wildman–Crippen MR) is 87.1 cm³/mol. The number of nitrogens with two attached hydrogens (primary N) is 1. The van der Waals surface area contributed by atoms with E-state index < -0.39 is 5.91 Å². The number of rotatable bonds is 5. The van der Waals surface area contributed by atoms with Gasteiger partial charge in [0.1, 0.15) is 5.69 Å². The largest absolute Gasteiger partial charge is 0.366 e. The molecular formula is C18H19N3O2. The van der Waals surface area contributed by atoms with Gasteiger partial charge in [-0.2, -0.15) is 0 Å². The number of aromatic nitrogens is 1. The molecule has 1 fully saturated rings. The van der Waals surface area contributed by atoms with Crippen LogP contribution in [0.2, 0.25) is 0 Å². The summed E-state index contributed by atoms with van der Waals surface area (Å²) in [5.74, 6) is -0.713. The highest BCUT2D eigenvalue weighted by atomic mass is 16.2. The third-order valence-electron chi connectivity index (χ3n) is 4.03. The first-order valence-corrected chi connectivity index (χ1v) is 7.66. The number of hydrogen-bond acceptors (Lipinski definition) is 3. The molecule has 0 atom stereocenters. The van der Waals surface area contributed by atoms with Gasteiger partial charge in [-0.15, -0.1) is 0 Å². The van der Waals surface area contributed by atoms with Crippen molar-refractivity contribution in [1.82, 2.24) is 9.88 Å². The minimum absolute atomic E-state index is 0.162. The Hall–Kier alpha value is -2.69. The normalized spacial score (nSPS) is 13.6. The molecule has 118 valence electrons. The molecule has 1 saturated carbocycles. The zero-order valence-corrected chi connectivity index (χ0v) is 13.0. The summed E-state index contributed by atoms with van der Waals surface area (Å²) in [4.78, 5) is 30.2. The first-order valence-electron chi connectivity index (χ1n) is 7.66. The maximum Gasteiger partial charge on any atom is 0.272 e. The van der Waals surface area contributed by atoms with Gasteiger partial charge in [-0.1, -0.05) is 30.3 Å². The van der Waals surface area contributed by atoms with Gasteiger partial charge in [0.2, 0.25) is 5.91 Å². The molecule has 0 radical (unpaired) electrons. The molecule has 1 aliphatic carbocycles. The molecule has 0 bridgehead atoms. The van der Waals surface area contributed by atoms with E-state index in [0.717, 1.165) is 18.4 Å². The second-order valence-electron chi connectivity index (χ2n) is 5.91. The van der Waals surface area contributed by atoms with Crippen molar-refractivity contribution in [2.24, 2.45) is 5.73 Å². The van der Waals surface area contributed by atoms with Crippen LogP contribution in [0.15, 0.2) is 42.5 Å². The molecule has 2 aromatic rings. The lowest BCUT2D eigenvalue weighted by Crippen LogP contribution is -2.30. The number of primary amides is 1. The van der Waals surface area contributed by atoms with Gasteiger partial charge >= 0.3 is 0 Å². The van der Waals surface area contributed by atoms with Crippen molar-refractivity contribution >= 4 is 11.8 Å². The van der Waals surface area contributed by atoms with E-state index in [-0.39, 0.29) is 11.6 Å². The SMILES string of the molecule is CN(C(=O)c1cc(C(N)=O)cc(Cc2ccccc2)n1)C1CC1. The minimum atomic E-state index is -0.551. The van der Waals surface area contributed by atoms with Crippen LogP contribution < -0.4 is 5.73 Å². The topological polar surface area (TPSA) is 76.3 Å². The van der Waals surface area contributed by atoms with Crippen LogP contribution in [0.5, 0.6) is 0 Å². The van der Waals surface area contributed by atoms with E-state index in [1.165, 1.54) is 6.07 Å². The summed E-state index contributed by atoms with van der Waals surface area (Å²) in [6.45, 7) is 0. The molecule has 5 nitrogen and oxygen atoms in total. The van der Waals surface area contributed by atoms with Crippen molar-refractivity contribution in [2.75, 3.05) is 7.05 Å². The van der Waals surface area contributed by atoms with Crippen molar-refractivity contribution in [2.45, 2.75) is 25.3 Å². The number of benzene rings is 1. The van der Waals surface area contributed by atoms with E-state index in [2.05, 4.69) is 4.98 Å². The summed E-state index contributed by atoms with van der Waals surface area (Å²) >= 11 is 0. The Morgan fingerprint density at radius 3 is 2.52 bits per heavy atom. The Balaban J connectivity index is 1.92. The monoisotopic (exact) mass is 309 g/mol. The maximum absolute atomic E-state index is 12.5. The zero-order chi connectivity index (χ0) is 16.4. The quantitative estimate of drug-likeness (QED) is 0.918. The van der Waals surface area contributed by atoms with Gasteiger partial charge in [-0.25, -0.2) is 4.98 Å². The smallest absolute Gasteiger partial charge is 0.272 e. The Morgan fingerprint density at radius 1 is 1.22 bits per heavy atom. The Kier molecular flexibility index (Phi) is 4.10. The fourth-order valence-electron chi connectivity index (χ4n) is 2.54. The molecule has 2 amide bonds. The average molecular weight is 309 g/mol. The van der Waals surface area contributed by atoms with Crippen LogP contribution in [0.1, 0.15) is 44.9 Å². The van der Waals surface area contributed by atoms with Crippen LogP contribution in [-0.4, -0.2) is 34.8 Å². The Morgan fingerprint density at radius 2 is 1.91 bits per heavy atom. The number of amides is 2. The summed E-state index contributed by atoms with van der Waals surface area (Å²) < 4.78 is 0. The lowest BCUT2D eigenvalue weighted by atomic mass is 10.1. The Bertz CT molecular complexity index is 739. The molecule has 2 N–H and O–H groups in total. The first-order chi connectivity index (χ1) is 11.0. The van der Waals surface area contributed by atoms with Crippen molar-refractivity contribution in [1.29, 1.82) is 0 Å². The fraction of sp³-hybridized carbons (Fsp3) is 0.278. The van der Waals surface area contributed by atoms with E-state index in [0.29, 0.717) is 23.7 Å². The summed E-state index contributed by atoms with van der Waals surface area (Å²) in [6, 6.07) is 13.2. The van der Waals surface area contributed by atoms with Crippen LogP contribution in [0.25, 0.3) is 0 Å². The van der Waals surface area contributed by atoms with Gasteiger partial charge in [0.05, 0.1) is 0 Å². The summed E-state index contributed by atoms with van der Waals surface area (Å²) in [5.41, 5.74) is 7.73. The number of pyridine rings is 1. The zero-order valence-electron chi connectivity index (χ0n) is 13.0. The highest BCUT2D eigenvalue weighted by molar-refractivity contribution is 5.98. The highest BCUT2D eigenvalue weighted by Gasteiger charge is 2.31.